The number of carbonyl (C=O) groups is 1. The van der Waals surface area contributed by atoms with Gasteiger partial charge in [0.1, 0.15) is 0 Å². The Morgan fingerprint density at radius 1 is 1.04 bits per heavy atom. The van der Waals surface area contributed by atoms with E-state index < -0.39 is 0 Å². The van der Waals surface area contributed by atoms with Crippen LogP contribution in [-0.4, -0.2) is 62.1 Å². The Balaban J connectivity index is 1.95. The van der Waals surface area contributed by atoms with Gasteiger partial charge in [-0.05, 0) is 18.5 Å². The predicted octanol–water partition coefficient (Wildman–Crippen LogP) is 1.93. The lowest BCUT2D eigenvalue weighted by atomic mass is 10.0. The summed E-state index contributed by atoms with van der Waals surface area (Å²) in [5.41, 5.74) is 1.27. The lowest BCUT2D eigenvalue weighted by Crippen LogP contribution is -2.49. The highest BCUT2D eigenvalue weighted by molar-refractivity contribution is 5.73. The van der Waals surface area contributed by atoms with Gasteiger partial charge in [0.15, 0.2) is 0 Å². The van der Waals surface area contributed by atoms with E-state index in [1.807, 2.05) is 6.07 Å². The zero-order valence-corrected chi connectivity index (χ0v) is 14.6. The lowest BCUT2D eigenvalue weighted by molar-refractivity contribution is 0.111. The highest BCUT2D eigenvalue weighted by atomic mass is 16.2. The molecule has 2 N–H and O–H groups in total. The van der Waals surface area contributed by atoms with E-state index in [-0.39, 0.29) is 12.1 Å². The van der Waals surface area contributed by atoms with Gasteiger partial charge in [-0.1, -0.05) is 44.2 Å². The molecule has 1 fully saturated rings. The van der Waals surface area contributed by atoms with Crippen LogP contribution >= 0.6 is 0 Å². The summed E-state index contributed by atoms with van der Waals surface area (Å²) < 4.78 is 0. The van der Waals surface area contributed by atoms with Crippen LogP contribution in [0, 0.1) is 5.92 Å². The molecule has 0 bridgehead atoms. The Bertz CT molecular complexity index is 469. The van der Waals surface area contributed by atoms with Gasteiger partial charge in [0, 0.05) is 39.3 Å². The smallest absolute Gasteiger partial charge is 0.314 e. The van der Waals surface area contributed by atoms with Gasteiger partial charge in [0.05, 0.1) is 6.04 Å². The molecular formula is C18H30N4O. The SMILES string of the molecule is CC(C)CNC(=O)NCC(c1ccccc1)N1CCN(C)CC1. The van der Waals surface area contributed by atoms with Gasteiger partial charge in [-0.15, -0.1) is 0 Å². The molecule has 2 rings (SSSR count). The molecule has 23 heavy (non-hydrogen) atoms. The monoisotopic (exact) mass is 318 g/mol. The van der Waals surface area contributed by atoms with E-state index in [9.17, 15) is 4.79 Å². The number of likely N-dealkylation sites (N-methyl/N-ethyl adjacent to an activating group) is 1. The van der Waals surface area contributed by atoms with Crippen LogP contribution in [0.3, 0.4) is 0 Å². The van der Waals surface area contributed by atoms with Crippen LogP contribution in [0.25, 0.3) is 0 Å². The third kappa shape index (κ3) is 5.84. The number of nitrogens with one attached hydrogen (secondary N) is 2. The van der Waals surface area contributed by atoms with Crippen LogP contribution in [0.15, 0.2) is 30.3 Å². The Kier molecular flexibility index (Phi) is 6.86. The molecule has 128 valence electrons. The lowest BCUT2D eigenvalue weighted by Gasteiger charge is -2.38. The number of benzene rings is 1. The second kappa shape index (κ2) is 8.89. The van der Waals surface area contributed by atoms with Crippen molar-refractivity contribution < 1.29 is 4.79 Å². The molecule has 1 aliphatic rings. The molecule has 5 heteroatoms. The van der Waals surface area contributed by atoms with Crippen molar-refractivity contribution in [2.45, 2.75) is 19.9 Å². The van der Waals surface area contributed by atoms with E-state index in [4.69, 9.17) is 0 Å². The number of urea groups is 1. The van der Waals surface area contributed by atoms with E-state index >= 15 is 0 Å². The number of nitrogens with zero attached hydrogens (tertiary/aromatic N) is 2. The molecule has 5 nitrogen and oxygen atoms in total. The van der Waals surface area contributed by atoms with Crippen molar-refractivity contribution in [3.8, 4) is 0 Å². The van der Waals surface area contributed by atoms with Gasteiger partial charge >= 0.3 is 6.03 Å². The summed E-state index contributed by atoms with van der Waals surface area (Å²) in [5.74, 6) is 0.461. The average Bonchev–Trinajstić information content (AvgIpc) is 2.55. The van der Waals surface area contributed by atoms with Crippen molar-refractivity contribution in [3.63, 3.8) is 0 Å². The fourth-order valence-corrected chi connectivity index (χ4v) is 2.82. The van der Waals surface area contributed by atoms with Crippen molar-refractivity contribution in [2.24, 2.45) is 5.92 Å². The molecule has 0 spiro atoms. The molecule has 0 aliphatic carbocycles. The summed E-state index contributed by atoms with van der Waals surface area (Å²) in [5, 5.41) is 5.96. The summed E-state index contributed by atoms with van der Waals surface area (Å²) in [6.07, 6.45) is 0. The van der Waals surface area contributed by atoms with Crippen LogP contribution in [0.1, 0.15) is 25.5 Å². The van der Waals surface area contributed by atoms with Crippen molar-refractivity contribution in [1.82, 2.24) is 20.4 Å². The molecule has 0 saturated carbocycles. The average molecular weight is 318 g/mol. The summed E-state index contributed by atoms with van der Waals surface area (Å²) in [6, 6.07) is 10.6. The fraction of sp³-hybridized carbons (Fsp3) is 0.611. The zero-order chi connectivity index (χ0) is 16.7. The van der Waals surface area contributed by atoms with Gasteiger partial charge < -0.3 is 15.5 Å². The van der Waals surface area contributed by atoms with Crippen LogP contribution in [-0.2, 0) is 0 Å². The largest absolute Gasteiger partial charge is 0.338 e. The Hall–Kier alpha value is -1.59. The van der Waals surface area contributed by atoms with Gasteiger partial charge in [-0.2, -0.15) is 0 Å². The zero-order valence-electron chi connectivity index (χ0n) is 14.6. The van der Waals surface area contributed by atoms with Gasteiger partial charge in [-0.25, -0.2) is 4.79 Å². The molecule has 1 unspecified atom stereocenters. The standard InChI is InChI=1S/C18H30N4O/c1-15(2)13-19-18(23)20-14-17(16-7-5-4-6-8-16)22-11-9-21(3)10-12-22/h4-8,15,17H,9-14H2,1-3H3,(H2,19,20,23). The molecule has 2 amide bonds. The fourth-order valence-electron chi connectivity index (χ4n) is 2.82. The van der Waals surface area contributed by atoms with Crippen LogP contribution in [0.5, 0.6) is 0 Å². The minimum absolute atomic E-state index is 0.0752. The van der Waals surface area contributed by atoms with Gasteiger partial charge in [0.25, 0.3) is 0 Å². The summed E-state index contributed by atoms with van der Waals surface area (Å²) in [6.45, 7) is 9.74. The summed E-state index contributed by atoms with van der Waals surface area (Å²) >= 11 is 0. The maximum Gasteiger partial charge on any atom is 0.314 e. The molecule has 0 aromatic heterocycles. The Labute approximate surface area is 140 Å². The number of hydrogen-bond donors (Lipinski definition) is 2. The third-order valence-electron chi connectivity index (χ3n) is 4.29. The normalized spacial score (nSPS) is 17.9. The number of piperazine rings is 1. The van der Waals surface area contributed by atoms with Crippen molar-refractivity contribution in [2.75, 3.05) is 46.3 Å². The maximum atomic E-state index is 12.0. The molecule has 1 atom stereocenters. The molecule has 1 saturated heterocycles. The van der Waals surface area contributed by atoms with Crippen LogP contribution < -0.4 is 10.6 Å². The predicted molar refractivity (Wildman–Crippen MR) is 94.5 cm³/mol. The molecule has 1 heterocycles. The first-order valence-corrected chi connectivity index (χ1v) is 8.55. The first-order valence-electron chi connectivity index (χ1n) is 8.55. The van der Waals surface area contributed by atoms with Gasteiger partial charge in [-0.3, -0.25) is 4.90 Å². The molecule has 1 aromatic carbocycles. The molecular weight excluding hydrogens is 288 g/mol. The highest BCUT2D eigenvalue weighted by Crippen LogP contribution is 2.21. The van der Waals surface area contributed by atoms with E-state index in [1.54, 1.807) is 0 Å². The first kappa shape index (κ1) is 17.8. The van der Waals surface area contributed by atoms with E-state index in [2.05, 4.69) is 65.6 Å². The highest BCUT2D eigenvalue weighted by Gasteiger charge is 2.24. The van der Waals surface area contributed by atoms with E-state index in [0.29, 0.717) is 19.0 Å². The first-order chi connectivity index (χ1) is 11.1. The van der Waals surface area contributed by atoms with Crippen molar-refractivity contribution in [1.29, 1.82) is 0 Å². The quantitative estimate of drug-likeness (QED) is 0.842. The van der Waals surface area contributed by atoms with Crippen molar-refractivity contribution in [3.05, 3.63) is 35.9 Å². The number of hydrogen-bond acceptors (Lipinski definition) is 3. The third-order valence-corrected chi connectivity index (χ3v) is 4.29. The Morgan fingerprint density at radius 3 is 2.26 bits per heavy atom. The maximum absolute atomic E-state index is 12.0. The van der Waals surface area contributed by atoms with E-state index in [1.165, 1.54) is 5.56 Å². The second-order valence-corrected chi connectivity index (χ2v) is 6.75. The number of rotatable bonds is 6. The number of amides is 2. The minimum Gasteiger partial charge on any atom is -0.338 e. The summed E-state index contributed by atoms with van der Waals surface area (Å²) in [4.78, 5) is 16.8. The summed E-state index contributed by atoms with van der Waals surface area (Å²) in [7, 11) is 2.16. The van der Waals surface area contributed by atoms with Crippen LogP contribution in [0.2, 0.25) is 0 Å². The molecule has 1 aliphatic heterocycles. The van der Waals surface area contributed by atoms with Crippen LogP contribution in [0.4, 0.5) is 4.79 Å². The number of carbonyl (C=O) groups excluding carboxylic acids is 1. The van der Waals surface area contributed by atoms with Gasteiger partial charge in [0.2, 0.25) is 0 Å². The van der Waals surface area contributed by atoms with Crippen molar-refractivity contribution >= 4 is 6.03 Å². The minimum atomic E-state index is -0.0752. The second-order valence-electron chi connectivity index (χ2n) is 6.75. The van der Waals surface area contributed by atoms with E-state index in [0.717, 1.165) is 26.2 Å². The molecule has 0 radical (unpaired) electrons. The molecule has 1 aromatic rings. The topological polar surface area (TPSA) is 47.6 Å². The Morgan fingerprint density at radius 2 is 1.65 bits per heavy atom.